The molecule has 1 saturated heterocycles. The first-order chi connectivity index (χ1) is 8.84. The van der Waals surface area contributed by atoms with Crippen molar-refractivity contribution in [1.29, 1.82) is 0 Å². The molecule has 18 heavy (non-hydrogen) atoms. The third-order valence-corrected chi connectivity index (χ3v) is 3.66. The largest absolute Gasteiger partial charge is 0.309 e. The molecule has 0 radical (unpaired) electrons. The zero-order valence-electron chi connectivity index (χ0n) is 10.1. The summed E-state index contributed by atoms with van der Waals surface area (Å²) >= 11 is 0. The second-order valence-corrected chi connectivity index (χ2v) is 4.79. The molecule has 2 aromatic rings. The van der Waals surface area contributed by atoms with E-state index in [2.05, 4.69) is 29.6 Å². The van der Waals surface area contributed by atoms with Gasteiger partial charge in [0.25, 0.3) is 0 Å². The molecule has 92 valence electrons. The standard InChI is InChI=1S/C16H16FN/c17-14-8-4-7-13(11-14)16-15(9-10-18-16)12-5-2-1-3-6-12/h1-8,11,15-16,18H,9-10H2. The normalized spacial score (nSPS) is 23.2. The van der Waals surface area contributed by atoms with Crippen molar-refractivity contribution in [2.75, 3.05) is 6.54 Å². The van der Waals surface area contributed by atoms with Gasteiger partial charge in [-0.15, -0.1) is 0 Å². The van der Waals surface area contributed by atoms with Crippen LogP contribution in [0.25, 0.3) is 0 Å². The van der Waals surface area contributed by atoms with Gasteiger partial charge in [-0.1, -0.05) is 42.5 Å². The van der Waals surface area contributed by atoms with Crippen LogP contribution in [0, 0.1) is 5.82 Å². The zero-order valence-corrected chi connectivity index (χ0v) is 10.1. The predicted molar refractivity (Wildman–Crippen MR) is 70.9 cm³/mol. The summed E-state index contributed by atoms with van der Waals surface area (Å²) in [6.07, 6.45) is 1.10. The van der Waals surface area contributed by atoms with Gasteiger partial charge in [0.05, 0.1) is 0 Å². The Morgan fingerprint density at radius 2 is 1.72 bits per heavy atom. The second-order valence-electron chi connectivity index (χ2n) is 4.79. The number of benzene rings is 2. The fourth-order valence-corrected chi connectivity index (χ4v) is 2.81. The number of nitrogens with one attached hydrogen (secondary N) is 1. The molecule has 1 N–H and O–H groups in total. The van der Waals surface area contributed by atoms with Crippen LogP contribution in [0.15, 0.2) is 54.6 Å². The summed E-state index contributed by atoms with van der Waals surface area (Å²) in [6, 6.07) is 17.6. The van der Waals surface area contributed by atoms with E-state index in [0.717, 1.165) is 18.5 Å². The van der Waals surface area contributed by atoms with Crippen molar-refractivity contribution in [2.45, 2.75) is 18.4 Å². The minimum atomic E-state index is -0.159. The molecule has 0 amide bonds. The van der Waals surface area contributed by atoms with Crippen LogP contribution in [0.2, 0.25) is 0 Å². The first kappa shape index (κ1) is 11.4. The van der Waals surface area contributed by atoms with Gasteiger partial charge < -0.3 is 5.32 Å². The third-order valence-electron chi connectivity index (χ3n) is 3.66. The second kappa shape index (κ2) is 4.91. The van der Waals surface area contributed by atoms with E-state index >= 15 is 0 Å². The fourth-order valence-electron chi connectivity index (χ4n) is 2.81. The van der Waals surface area contributed by atoms with Gasteiger partial charge in [-0.25, -0.2) is 4.39 Å². The number of hydrogen-bond acceptors (Lipinski definition) is 1. The van der Waals surface area contributed by atoms with E-state index in [1.54, 1.807) is 12.1 Å². The zero-order chi connectivity index (χ0) is 12.4. The van der Waals surface area contributed by atoms with Crippen LogP contribution < -0.4 is 5.32 Å². The lowest BCUT2D eigenvalue weighted by atomic mass is 9.88. The summed E-state index contributed by atoms with van der Waals surface area (Å²) in [5.41, 5.74) is 2.37. The van der Waals surface area contributed by atoms with Crippen molar-refractivity contribution < 1.29 is 4.39 Å². The van der Waals surface area contributed by atoms with Gasteiger partial charge in [0.2, 0.25) is 0 Å². The third kappa shape index (κ3) is 2.16. The van der Waals surface area contributed by atoms with Gasteiger partial charge in [-0.2, -0.15) is 0 Å². The van der Waals surface area contributed by atoms with E-state index in [1.165, 1.54) is 11.6 Å². The number of rotatable bonds is 2. The Hall–Kier alpha value is -1.67. The first-order valence-corrected chi connectivity index (χ1v) is 6.38. The molecule has 0 saturated carbocycles. The average Bonchev–Trinajstić information content (AvgIpc) is 2.89. The average molecular weight is 241 g/mol. The van der Waals surface area contributed by atoms with Crippen LogP contribution in [0.3, 0.4) is 0 Å². The van der Waals surface area contributed by atoms with E-state index < -0.39 is 0 Å². The molecular formula is C16H16FN. The van der Waals surface area contributed by atoms with E-state index in [1.807, 2.05) is 12.1 Å². The van der Waals surface area contributed by atoms with Crippen LogP contribution in [0.1, 0.15) is 29.5 Å². The summed E-state index contributed by atoms with van der Waals surface area (Å²) in [5.74, 6) is 0.279. The van der Waals surface area contributed by atoms with Crippen molar-refractivity contribution in [3.63, 3.8) is 0 Å². The van der Waals surface area contributed by atoms with Crippen molar-refractivity contribution in [3.8, 4) is 0 Å². The molecule has 1 aliphatic rings. The Morgan fingerprint density at radius 3 is 2.50 bits per heavy atom. The highest BCUT2D eigenvalue weighted by molar-refractivity contribution is 5.30. The van der Waals surface area contributed by atoms with E-state index in [-0.39, 0.29) is 11.9 Å². The molecule has 1 fully saturated rings. The molecule has 0 aromatic heterocycles. The maximum absolute atomic E-state index is 13.3. The van der Waals surface area contributed by atoms with Crippen molar-refractivity contribution in [1.82, 2.24) is 5.32 Å². The predicted octanol–water partition coefficient (Wildman–Crippen LogP) is 3.64. The summed E-state index contributed by atoms with van der Waals surface area (Å²) in [6.45, 7) is 0.987. The maximum atomic E-state index is 13.3. The van der Waals surface area contributed by atoms with Crippen molar-refractivity contribution in [2.24, 2.45) is 0 Å². The van der Waals surface area contributed by atoms with Crippen LogP contribution in [0.5, 0.6) is 0 Å². The first-order valence-electron chi connectivity index (χ1n) is 6.38. The quantitative estimate of drug-likeness (QED) is 0.846. The van der Waals surface area contributed by atoms with Crippen LogP contribution in [-0.2, 0) is 0 Å². The Labute approximate surface area is 107 Å². The maximum Gasteiger partial charge on any atom is 0.123 e. The smallest absolute Gasteiger partial charge is 0.123 e. The molecule has 2 heteroatoms. The molecule has 3 rings (SSSR count). The molecule has 0 aliphatic carbocycles. The molecule has 0 bridgehead atoms. The van der Waals surface area contributed by atoms with E-state index in [9.17, 15) is 4.39 Å². The topological polar surface area (TPSA) is 12.0 Å². The summed E-state index contributed by atoms with van der Waals surface area (Å²) in [7, 11) is 0. The van der Waals surface area contributed by atoms with Crippen LogP contribution in [0.4, 0.5) is 4.39 Å². The lowest BCUT2D eigenvalue weighted by Crippen LogP contribution is -2.17. The van der Waals surface area contributed by atoms with Gasteiger partial charge in [-0.05, 0) is 36.2 Å². The highest BCUT2D eigenvalue weighted by atomic mass is 19.1. The SMILES string of the molecule is Fc1cccc(C2NCCC2c2ccccc2)c1. The van der Waals surface area contributed by atoms with Gasteiger partial charge in [0, 0.05) is 12.0 Å². The highest BCUT2D eigenvalue weighted by Crippen LogP contribution is 2.37. The minimum absolute atomic E-state index is 0.159. The van der Waals surface area contributed by atoms with Gasteiger partial charge >= 0.3 is 0 Å². The van der Waals surface area contributed by atoms with E-state index in [0.29, 0.717) is 5.92 Å². The monoisotopic (exact) mass is 241 g/mol. The van der Waals surface area contributed by atoms with Gasteiger partial charge in [0.1, 0.15) is 5.82 Å². The van der Waals surface area contributed by atoms with Gasteiger partial charge in [-0.3, -0.25) is 0 Å². The molecule has 2 atom stereocenters. The van der Waals surface area contributed by atoms with Gasteiger partial charge in [0.15, 0.2) is 0 Å². The number of hydrogen-bond donors (Lipinski definition) is 1. The molecular weight excluding hydrogens is 225 g/mol. The lowest BCUT2D eigenvalue weighted by Gasteiger charge is -2.20. The Kier molecular flexibility index (Phi) is 3.11. The summed E-state index contributed by atoms with van der Waals surface area (Å²) in [4.78, 5) is 0. The lowest BCUT2D eigenvalue weighted by molar-refractivity contribution is 0.566. The summed E-state index contributed by atoms with van der Waals surface area (Å²) in [5, 5.41) is 3.48. The number of halogens is 1. The van der Waals surface area contributed by atoms with E-state index in [4.69, 9.17) is 0 Å². The van der Waals surface area contributed by atoms with Crippen molar-refractivity contribution >= 4 is 0 Å². The van der Waals surface area contributed by atoms with Crippen molar-refractivity contribution in [3.05, 3.63) is 71.5 Å². The molecule has 1 aliphatic heterocycles. The fraction of sp³-hybridized carbons (Fsp3) is 0.250. The Bertz CT molecular complexity index is 524. The summed E-state index contributed by atoms with van der Waals surface area (Å²) < 4.78 is 13.3. The molecule has 1 nitrogen and oxygen atoms in total. The molecule has 2 aromatic carbocycles. The molecule has 0 spiro atoms. The minimum Gasteiger partial charge on any atom is -0.309 e. The highest BCUT2D eigenvalue weighted by Gasteiger charge is 2.29. The molecule has 1 heterocycles. The molecule has 2 unspecified atom stereocenters. The Morgan fingerprint density at radius 1 is 0.944 bits per heavy atom. The van der Waals surface area contributed by atoms with Crippen LogP contribution in [-0.4, -0.2) is 6.54 Å². The Balaban J connectivity index is 1.92. The van der Waals surface area contributed by atoms with Crippen LogP contribution >= 0.6 is 0 Å².